The lowest BCUT2D eigenvalue weighted by Crippen LogP contribution is -2.45. The van der Waals surface area contributed by atoms with E-state index in [1.54, 1.807) is 0 Å². The Morgan fingerprint density at radius 3 is 2.69 bits per heavy atom. The minimum Gasteiger partial charge on any atom is -0.396 e. The van der Waals surface area contributed by atoms with Crippen LogP contribution in [0.15, 0.2) is 0 Å². The molecule has 0 aromatic rings. The van der Waals surface area contributed by atoms with Crippen LogP contribution in [-0.4, -0.2) is 35.3 Å². The van der Waals surface area contributed by atoms with Gasteiger partial charge in [0.25, 0.3) is 0 Å². The summed E-state index contributed by atoms with van der Waals surface area (Å²) in [5.74, 6) is 3.12. The summed E-state index contributed by atoms with van der Waals surface area (Å²) in [6.07, 6.45) is 9.19. The Balaban J connectivity index is 1.83. The molecule has 2 nitrogen and oxygen atoms in total. The van der Waals surface area contributed by atoms with E-state index in [0.717, 1.165) is 0 Å². The predicted molar refractivity (Wildman–Crippen MR) is 70.9 cm³/mol. The smallest absolute Gasteiger partial charge is 0.0474 e. The third-order valence-corrected chi connectivity index (χ3v) is 5.22. The van der Waals surface area contributed by atoms with Crippen molar-refractivity contribution < 1.29 is 5.11 Å². The normalized spacial score (nSPS) is 36.9. The van der Waals surface area contributed by atoms with Crippen molar-refractivity contribution in [3.63, 3.8) is 0 Å². The zero-order valence-corrected chi connectivity index (χ0v) is 11.0. The molecule has 94 valence electrons. The fourth-order valence-corrected chi connectivity index (χ4v) is 4.08. The third kappa shape index (κ3) is 3.64. The molecule has 0 aromatic carbocycles. The highest BCUT2D eigenvalue weighted by Gasteiger charge is 2.25. The number of nitrogens with one attached hydrogen (secondary N) is 1. The second-order valence-corrected chi connectivity index (χ2v) is 6.42. The van der Waals surface area contributed by atoms with Crippen LogP contribution < -0.4 is 5.32 Å². The van der Waals surface area contributed by atoms with Gasteiger partial charge in [-0.05, 0) is 37.4 Å². The molecule has 1 saturated carbocycles. The summed E-state index contributed by atoms with van der Waals surface area (Å²) < 4.78 is 0. The summed E-state index contributed by atoms with van der Waals surface area (Å²) in [5, 5.41) is 13.3. The van der Waals surface area contributed by atoms with Crippen molar-refractivity contribution in [2.45, 2.75) is 57.0 Å². The van der Waals surface area contributed by atoms with E-state index < -0.39 is 0 Å². The highest BCUT2D eigenvalue weighted by molar-refractivity contribution is 7.99. The van der Waals surface area contributed by atoms with E-state index in [9.17, 15) is 5.11 Å². The molecule has 1 heterocycles. The Hall–Kier alpha value is 0.270. The Kier molecular flexibility index (Phi) is 5.46. The monoisotopic (exact) mass is 243 g/mol. The van der Waals surface area contributed by atoms with Crippen LogP contribution in [0, 0.1) is 5.92 Å². The van der Waals surface area contributed by atoms with Gasteiger partial charge in [-0.3, -0.25) is 0 Å². The SMILES string of the molecule is OC[C@@H]1CCCCC[C@@H]1N[C@@H]1CCCSC1. The molecule has 2 rings (SSSR count). The van der Waals surface area contributed by atoms with Crippen LogP contribution in [-0.2, 0) is 0 Å². The first-order valence-electron chi connectivity index (χ1n) is 6.85. The van der Waals surface area contributed by atoms with Gasteiger partial charge in [0, 0.05) is 24.4 Å². The number of hydrogen-bond donors (Lipinski definition) is 2. The standard InChI is InChI=1S/C13H25NOS/c15-9-11-5-2-1-3-7-13(11)14-12-6-4-8-16-10-12/h11-15H,1-10H2/t11-,12+,13-/m0/s1. The molecule has 0 amide bonds. The van der Waals surface area contributed by atoms with Gasteiger partial charge in [-0.2, -0.15) is 11.8 Å². The van der Waals surface area contributed by atoms with E-state index in [1.165, 1.54) is 56.5 Å². The van der Waals surface area contributed by atoms with Crippen LogP contribution in [0.2, 0.25) is 0 Å². The zero-order valence-electron chi connectivity index (χ0n) is 10.2. The van der Waals surface area contributed by atoms with E-state index in [-0.39, 0.29) is 0 Å². The van der Waals surface area contributed by atoms with E-state index in [4.69, 9.17) is 0 Å². The molecule has 1 saturated heterocycles. The summed E-state index contributed by atoms with van der Waals surface area (Å²) >= 11 is 2.08. The Morgan fingerprint density at radius 1 is 1.06 bits per heavy atom. The van der Waals surface area contributed by atoms with E-state index in [0.29, 0.717) is 24.6 Å². The summed E-state index contributed by atoms with van der Waals surface area (Å²) in [6, 6.07) is 1.28. The molecule has 0 radical (unpaired) electrons. The molecule has 2 fully saturated rings. The maximum Gasteiger partial charge on any atom is 0.0474 e. The fraction of sp³-hybridized carbons (Fsp3) is 1.00. The second kappa shape index (κ2) is 6.87. The number of aliphatic hydroxyl groups excluding tert-OH is 1. The molecule has 0 bridgehead atoms. The number of thioether (sulfide) groups is 1. The topological polar surface area (TPSA) is 32.3 Å². The molecule has 0 unspecified atom stereocenters. The number of rotatable bonds is 3. The number of hydrogen-bond acceptors (Lipinski definition) is 3. The minimum absolute atomic E-state index is 0.373. The van der Waals surface area contributed by atoms with Crippen molar-refractivity contribution in [1.82, 2.24) is 5.32 Å². The van der Waals surface area contributed by atoms with Gasteiger partial charge in [-0.25, -0.2) is 0 Å². The van der Waals surface area contributed by atoms with Crippen molar-refractivity contribution in [1.29, 1.82) is 0 Å². The Morgan fingerprint density at radius 2 is 1.94 bits per heavy atom. The van der Waals surface area contributed by atoms with Gasteiger partial charge in [0.2, 0.25) is 0 Å². The van der Waals surface area contributed by atoms with Gasteiger partial charge < -0.3 is 10.4 Å². The van der Waals surface area contributed by atoms with Crippen LogP contribution >= 0.6 is 11.8 Å². The van der Waals surface area contributed by atoms with Crippen LogP contribution in [0.3, 0.4) is 0 Å². The molecule has 16 heavy (non-hydrogen) atoms. The lowest BCUT2D eigenvalue weighted by Gasteiger charge is -2.31. The van der Waals surface area contributed by atoms with Crippen LogP contribution in [0.25, 0.3) is 0 Å². The predicted octanol–water partition coefficient (Wildman–Crippen LogP) is 2.41. The minimum atomic E-state index is 0.373. The Labute approximate surface area is 104 Å². The van der Waals surface area contributed by atoms with Crippen molar-refractivity contribution in [2.24, 2.45) is 5.92 Å². The van der Waals surface area contributed by atoms with E-state index >= 15 is 0 Å². The average Bonchev–Trinajstić information content (AvgIpc) is 2.55. The molecule has 3 heteroatoms. The quantitative estimate of drug-likeness (QED) is 0.747. The molecular weight excluding hydrogens is 218 g/mol. The fourth-order valence-electron chi connectivity index (χ4n) is 3.00. The van der Waals surface area contributed by atoms with Crippen molar-refractivity contribution in [2.75, 3.05) is 18.1 Å². The highest BCUT2D eigenvalue weighted by Crippen LogP contribution is 2.25. The number of aliphatic hydroxyl groups is 1. The first kappa shape index (κ1) is 12.7. The van der Waals surface area contributed by atoms with Gasteiger partial charge in [0.05, 0.1) is 0 Å². The largest absolute Gasteiger partial charge is 0.396 e. The first-order valence-corrected chi connectivity index (χ1v) is 8.00. The molecule has 1 aliphatic carbocycles. The van der Waals surface area contributed by atoms with Gasteiger partial charge in [-0.1, -0.05) is 19.3 Å². The summed E-state index contributed by atoms with van der Waals surface area (Å²) in [5.41, 5.74) is 0. The van der Waals surface area contributed by atoms with Crippen molar-refractivity contribution >= 4 is 11.8 Å². The summed E-state index contributed by atoms with van der Waals surface area (Å²) in [6.45, 7) is 0.373. The first-order chi connectivity index (χ1) is 7.90. The molecular formula is C13H25NOS. The molecule has 3 atom stereocenters. The van der Waals surface area contributed by atoms with Crippen LogP contribution in [0.4, 0.5) is 0 Å². The van der Waals surface area contributed by atoms with Gasteiger partial charge in [0.15, 0.2) is 0 Å². The summed E-state index contributed by atoms with van der Waals surface area (Å²) in [7, 11) is 0. The van der Waals surface area contributed by atoms with E-state index in [2.05, 4.69) is 17.1 Å². The molecule has 0 aromatic heterocycles. The maximum atomic E-state index is 9.47. The zero-order chi connectivity index (χ0) is 11.2. The van der Waals surface area contributed by atoms with E-state index in [1.807, 2.05) is 0 Å². The third-order valence-electron chi connectivity index (χ3n) is 4.00. The second-order valence-electron chi connectivity index (χ2n) is 5.27. The van der Waals surface area contributed by atoms with Crippen molar-refractivity contribution in [3.05, 3.63) is 0 Å². The lowest BCUT2D eigenvalue weighted by molar-refractivity contribution is 0.175. The van der Waals surface area contributed by atoms with Crippen LogP contribution in [0.1, 0.15) is 44.9 Å². The van der Waals surface area contributed by atoms with Gasteiger partial charge >= 0.3 is 0 Å². The highest BCUT2D eigenvalue weighted by atomic mass is 32.2. The summed E-state index contributed by atoms with van der Waals surface area (Å²) in [4.78, 5) is 0. The van der Waals surface area contributed by atoms with Crippen LogP contribution in [0.5, 0.6) is 0 Å². The molecule has 1 aliphatic heterocycles. The average molecular weight is 243 g/mol. The lowest BCUT2D eigenvalue weighted by atomic mass is 9.94. The molecule has 2 N–H and O–H groups in total. The Bertz CT molecular complexity index is 194. The van der Waals surface area contributed by atoms with Crippen molar-refractivity contribution in [3.8, 4) is 0 Å². The molecule has 2 aliphatic rings. The van der Waals surface area contributed by atoms with Gasteiger partial charge in [0.1, 0.15) is 0 Å². The molecule has 0 spiro atoms. The maximum absolute atomic E-state index is 9.47. The van der Waals surface area contributed by atoms with Gasteiger partial charge in [-0.15, -0.1) is 0 Å².